The molecule has 6 nitrogen and oxygen atoms in total. The smallest absolute Gasteiger partial charge is 0.189 e. The van der Waals surface area contributed by atoms with Crippen LogP contribution in [-0.4, -0.2) is 25.0 Å². The van der Waals surface area contributed by atoms with Crippen LogP contribution in [0.3, 0.4) is 0 Å². The molecule has 0 spiro atoms. The van der Waals surface area contributed by atoms with Crippen LogP contribution in [0.2, 0.25) is 0 Å². The lowest BCUT2D eigenvalue weighted by Crippen LogP contribution is -2.00. The minimum absolute atomic E-state index is 0.242. The molecule has 0 aliphatic carbocycles. The van der Waals surface area contributed by atoms with Gasteiger partial charge in [0.05, 0.1) is 11.1 Å². The number of fused-ring (bicyclic) bond motifs is 1. The van der Waals surface area contributed by atoms with E-state index in [9.17, 15) is 5.11 Å². The predicted molar refractivity (Wildman–Crippen MR) is 138 cm³/mol. The Morgan fingerprint density at radius 2 is 1.79 bits per heavy atom. The van der Waals surface area contributed by atoms with Crippen molar-refractivity contribution in [3.8, 4) is 5.75 Å². The maximum Gasteiger partial charge on any atom is 0.189 e. The van der Waals surface area contributed by atoms with Gasteiger partial charge in [-0.15, -0.1) is 0 Å². The van der Waals surface area contributed by atoms with E-state index in [4.69, 9.17) is 0 Å². The molecule has 2 heterocycles. The van der Waals surface area contributed by atoms with Gasteiger partial charge in [0.1, 0.15) is 17.9 Å². The molecule has 2 N–H and O–H groups in total. The zero-order valence-electron chi connectivity index (χ0n) is 18.3. The van der Waals surface area contributed by atoms with Crippen LogP contribution in [0, 0.1) is 6.92 Å². The Bertz CT molecular complexity index is 1450. The molecule has 2 aromatic heterocycles. The monoisotopic (exact) mass is 483 g/mol. The maximum atomic E-state index is 9.82. The van der Waals surface area contributed by atoms with Crippen LogP contribution in [0.15, 0.2) is 100 Å². The van der Waals surface area contributed by atoms with E-state index < -0.39 is 0 Å². The number of phenols is 1. The molecule has 0 saturated heterocycles. The summed E-state index contributed by atoms with van der Waals surface area (Å²) in [5.74, 6) is 1.68. The van der Waals surface area contributed by atoms with E-state index in [1.54, 1.807) is 41.9 Å². The average molecular weight is 484 g/mol. The third-order valence-corrected chi connectivity index (χ3v) is 7.01. The summed E-state index contributed by atoms with van der Waals surface area (Å²) in [5.41, 5.74) is 3.85. The molecule has 0 aliphatic heterocycles. The molecule has 5 rings (SSSR count). The van der Waals surface area contributed by atoms with Crippen LogP contribution in [0.4, 0.5) is 11.5 Å². The third kappa shape index (κ3) is 5.30. The second kappa shape index (κ2) is 10.1. The molecule has 168 valence electrons. The number of hydrogen-bond donors (Lipinski definition) is 2. The molecule has 8 heteroatoms. The summed E-state index contributed by atoms with van der Waals surface area (Å²) in [6.07, 6.45) is 3.29. The minimum Gasteiger partial charge on any atom is -0.508 e. The Labute approximate surface area is 205 Å². The Balaban J connectivity index is 1.41. The van der Waals surface area contributed by atoms with Crippen molar-refractivity contribution >= 4 is 46.1 Å². The van der Waals surface area contributed by atoms with Crippen molar-refractivity contribution in [2.45, 2.75) is 27.6 Å². The van der Waals surface area contributed by atoms with Crippen LogP contribution in [0.5, 0.6) is 5.75 Å². The summed E-state index contributed by atoms with van der Waals surface area (Å²) in [4.78, 5) is 20.0. The molecule has 0 atom stereocenters. The Kier molecular flexibility index (Phi) is 6.60. The number of aromatic hydroxyl groups is 1. The molecule has 0 radical (unpaired) electrons. The third-order valence-electron chi connectivity index (χ3n) is 5.01. The summed E-state index contributed by atoms with van der Waals surface area (Å²) >= 11 is 3.15. The molecule has 0 bridgehead atoms. The second-order valence-corrected chi connectivity index (χ2v) is 9.67. The lowest BCUT2D eigenvalue weighted by molar-refractivity contribution is 0.474. The summed E-state index contributed by atoms with van der Waals surface area (Å²) in [7, 11) is 0. The van der Waals surface area contributed by atoms with E-state index in [0.717, 1.165) is 32.2 Å². The number of nitrogens with zero attached hydrogens (tertiary/aromatic N) is 4. The predicted octanol–water partition coefficient (Wildman–Crippen LogP) is 6.62. The van der Waals surface area contributed by atoms with Crippen molar-refractivity contribution < 1.29 is 5.11 Å². The summed E-state index contributed by atoms with van der Waals surface area (Å²) < 4.78 is 0. The van der Waals surface area contributed by atoms with Crippen LogP contribution in [0.1, 0.15) is 11.1 Å². The number of aromatic nitrogens is 4. The van der Waals surface area contributed by atoms with Gasteiger partial charge in [-0.3, -0.25) is 0 Å². The molecule has 0 saturated carbocycles. The first-order valence-electron chi connectivity index (χ1n) is 10.6. The van der Waals surface area contributed by atoms with Crippen molar-refractivity contribution in [3.05, 3.63) is 96.4 Å². The number of phenolic OH excluding ortho intramolecular Hbond substituents is 1. The first kappa shape index (κ1) is 22.2. The van der Waals surface area contributed by atoms with E-state index in [2.05, 4.69) is 55.6 Å². The van der Waals surface area contributed by atoms with E-state index in [0.29, 0.717) is 16.6 Å². The number of thioether (sulfide) groups is 1. The molecule has 5 aromatic rings. The highest BCUT2D eigenvalue weighted by Gasteiger charge is 2.12. The van der Waals surface area contributed by atoms with Crippen LogP contribution in [0.25, 0.3) is 11.0 Å². The number of hydrogen-bond acceptors (Lipinski definition) is 8. The zero-order valence-corrected chi connectivity index (χ0v) is 20.0. The van der Waals surface area contributed by atoms with Gasteiger partial charge in [0.15, 0.2) is 10.8 Å². The van der Waals surface area contributed by atoms with Gasteiger partial charge < -0.3 is 10.4 Å². The normalized spacial score (nSPS) is 11.0. The van der Waals surface area contributed by atoms with Gasteiger partial charge >= 0.3 is 0 Å². The van der Waals surface area contributed by atoms with Gasteiger partial charge in [-0.05, 0) is 48.4 Å². The van der Waals surface area contributed by atoms with Crippen molar-refractivity contribution in [3.63, 3.8) is 0 Å². The quantitative estimate of drug-likeness (QED) is 0.197. The van der Waals surface area contributed by atoms with E-state index in [1.807, 2.05) is 37.3 Å². The van der Waals surface area contributed by atoms with Crippen molar-refractivity contribution in [2.75, 3.05) is 5.32 Å². The molecule has 34 heavy (non-hydrogen) atoms. The molecule has 0 aliphatic rings. The second-order valence-electron chi connectivity index (χ2n) is 7.61. The lowest BCUT2D eigenvalue weighted by Gasteiger charge is -2.13. The summed E-state index contributed by atoms with van der Waals surface area (Å²) in [6.45, 7) is 2.05. The molecular weight excluding hydrogens is 462 g/mol. The fourth-order valence-electron chi connectivity index (χ4n) is 3.36. The standard InChI is InChI=1S/C26H21N5OS2/c1-17-10-11-23(34-20-9-5-8-19(32)13-20)22(12-17)30-24-21-14-27-26(31-25(21)29-16-28-24)33-15-18-6-3-2-4-7-18/h2-14,16,32H,15H2,1H3,(H,27,28,29,30,31). The lowest BCUT2D eigenvalue weighted by atomic mass is 10.2. The van der Waals surface area contributed by atoms with Gasteiger partial charge in [0.2, 0.25) is 0 Å². The first-order valence-corrected chi connectivity index (χ1v) is 12.4. The Morgan fingerprint density at radius 1 is 0.912 bits per heavy atom. The number of benzene rings is 3. The van der Waals surface area contributed by atoms with Gasteiger partial charge in [-0.25, -0.2) is 19.9 Å². The van der Waals surface area contributed by atoms with E-state index in [1.165, 1.54) is 11.9 Å². The number of anilines is 2. The maximum absolute atomic E-state index is 9.82. The molecule has 0 amide bonds. The largest absolute Gasteiger partial charge is 0.508 e. The fourth-order valence-corrected chi connectivity index (χ4v) is 5.06. The molecular formula is C26H21N5OS2. The van der Waals surface area contributed by atoms with Gasteiger partial charge in [0, 0.05) is 21.7 Å². The zero-order chi connectivity index (χ0) is 23.3. The van der Waals surface area contributed by atoms with Crippen LogP contribution >= 0.6 is 23.5 Å². The number of nitrogens with one attached hydrogen (secondary N) is 1. The molecule has 0 fully saturated rings. The van der Waals surface area contributed by atoms with Crippen molar-refractivity contribution in [1.82, 2.24) is 19.9 Å². The topological polar surface area (TPSA) is 83.8 Å². The SMILES string of the molecule is Cc1ccc(Sc2cccc(O)c2)c(Nc2ncnc3nc(SCc4ccccc4)ncc23)c1. The number of aryl methyl sites for hydroxylation is 1. The van der Waals surface area contributed by atoms with E-state index in [-0.39, 0.29) is 5.75 Å². The van der Waals surface area contributed by atoms with Gasteiger partial charge in [-0.1, -0.05) is 66.0 Å². The highest BCUT2D eigenvalue weighted by Crippen LogP contribution is 2.37. The highest BCUT2D eigenvalue weighted by atomic mass is 32.2. The van der Waals surface area contributed by atoms with Crippen molar-refractivity contribution in [1.29, 1.82) is 0 Å². The van der Waals surface area contributed by atoms with Crippen LogP contribution < -0.4 is 5.32 Å². The van der Waals surface area contributed by atoms with Gasteiger partial charge in [-0.2, -0.15) is 0 Å². The first-order chi connectivity index (χ1) is 16.6. The van der Waals surface area contributed by atoms with E-state index >= 15 is 0 Å². The van der Waals surface area contributed by atoms with Gasteiger partial charge in [0.25, 0.3) is 0 Å². The Morgan fingerprint density at radius 3 is 2.65 bits per heavy atom. The highest BCUT2D eigenvalue weighted by molar-refractivity contribution is 7.99. The summed E-state index contributed by atoms with van der Waals surface area (Å²) in [6, 6.07) is 23.7. The van der Waals surface area contributed by atoms with Crippen LogP contribution in [-0.2, 0) is 5.75 Å². The average Bonchev–Trinajstić information content (AvgIpc) is 2.85. The molecule has 3 aromatic carbocycles. The fraction of sp³-hybridized carbons (Fsp3) is 0.0769. The molecule has 0 unspecified atom stereocenters. The summed E-state index contributed by atoms with van der Waals surface area (Å²) in [5, 5.41) is 14.7. The minimum atomic E-state index is 0.242. The van der Waals surface area contributed by atoms with Crippen molar-refractivity contribution in [2.24, 2.45) is 0 Å². The number of rotatable bonds is 7. The Hall–Kier alpha value is -3.62.